The van der Waals surface area contributed by atoms with Crippen LogP contribution in [0.15, 0.2) is 6.20 Å². The van der Waals surface area contributed by atoms with Crippen molar-refractivity contribution in [2.75, 3.05) is 10.3 Å². The SMILES string of the molecule is CCC1CCC(C)N1c1nc(NN)nc2[nH]ncc12. The van der Waals surface area contributed by atoms with E-state index in [1.807, 2.05) is 0 Å². The maximum Gasteiger partial charge on any atom is 0.241 e. The molecule has 1 saturated heterocycles. The molecule has 0 spiro atoms. The Bertz CT molecular complexity index is 578. The third-order valence-corrected chi connectivity index (χ3v) is 3.92. The Balaban J connectivity index is 2.14. The largest absolute Gasteiger partial charge is 0.350 e. The molecule has 4 N–H and O–H groups in total. The molecule has 19 heavy (non-hydrogen) atoms. The van der Waals surface area contributed by atoms with Crippen LogP contribution in [-0.2, 0) is 0 Å². The minimum absolute atomic E-state index is 0.417. The lowest BCUT2D eigenvalue weighted by Crippen LogP contribution is -2.35. The first kappa shape index (κ1) is 12.2. The zero-order chi connectivity index (χ0) is 13.4. The molecule has 1 aliphatic heterocycles. The van der Waals surface area contributed by atoms with E-state index in [-0.39, 0.29) is 0 Å². The van der Waals surface area contributed by atoms with E-state index in [9.17, 15) is 0 Å². The lowest BCUT2D eigenvalue weighted by atomic mass is 10.1. The number of hydrogen-bond acceptors (Lipinski definition) is 6. The molecular weight excluding hydrogens is 242 g/mol. The minimum Gasteiger partial charge on any atom is -0.350 e. The van der Waals surface area contributed by atoms with Crippen LogP contribution in [0.5, 0.6) is 0 Å². The first-order valence-electron chi connectivity index (χ1n) is 6.70. The molecule has 0 bridgehead atoms. The van der Waals surface area contributed by atoms with Gasteiger partial charge in [-0.25, -0.2) is 5.84 Å². The lowest BCUT2D eigenvalue weighted by molar-refractivity contribution is 0.623. The second kappa shape index (κ2) is 4.65. The van der Waals surface area contributed by atoms with Gasteiger partial charge in [0.2, 0.25) is 5.95 Å². The zero-order valence-electron chi connectivity index (χ0n) is 11.2. The van der Waals surface area contributed by atoms with Gasteiger partial charge >= 0.3 is 0 Å². The smallest absolute Gasteiger partial charge is 0.241 e. The highest BCUT2D eigenvalue weighted by Gasteiger charge is 2.32. The normalized spacial score (nSPS) is 23.2. The van der Waals surface area contributed by atoms with Crippen LogP contribution in [0.2, 0.25) is 0 Å². The zero-order valence-corrected chi connectivity index (χ0v) is 11.2. The van der Waals surface area contributed by atoms with Gasteiger partial charge in [0.05, 0.1) is 11.6 Å². The van der Waals surface area contributed by atoms with E-state index in [0.29, 0.717) is 23.7 Å². The molecule has 2 atom stereocenters. The Kier molecular flexibility index (Phi) is 2.98. The molecule has 7 nitrogen and oxygen atoms in total. The molecule has 0 aromatic carbocycles. The summed E-state index contributed by atoms with van der Waals surface area (Å²) in [6.45, 7) is 4.45. The number of fused-ring (bicyclic) bond motifs is 1. The molecular formula is C12H19N7. The number of hydrogen-bond donors (Lipinski definition) is 3. The first-order chi connectivity index (χ1) is 9.24. The molecule has 0 amide bonds. The summed E-state index contributed by atoms with van der Waals surface area (Å²) in [6, 6.07) is 0.997. The van der Waals surface area contributed by atoms with Crippen molar-refractivity contribution in [1.82, 2.24) is 20.2 Å². The van der Waals surface area contributed by atoms with Gasteiger partial charge in [0.25, 0.3) is 0 Å². The molecule has 7 heteroatoms. The fourth-order valence-electron chi connectivity index (χ4n) is 2.94. The average Bonchev–Trinajstić information content (AvgIpc) is 3.03. The molecule has 102 valence electrons. The molecule has 1 aliphatic rings. The summed E-state index contributed by atoms with van der Waals surface area (Å²) in [7, 11) is 0. The van der Waals surface area contributed by atoms with E-state index in [1.54, 1.807) is 6.20 Å². The van der Waals surface area contributed by atoms with E-state index in [1.165, 1.54) is 12.8 Å². The third-order valence-electron chi connectivity index (χ3n) is 3.92. The quantitative estimate of drug-likeness (QED) is 0.571. The fourth-order valence-corrected chi connectivity index (χ4v) is 2.94. The van der Waals surface area contributed by atoms with Gasteiger partial charge in [-0.2, -0.15) is 15.1 Å². The third kappa shape index (κ3) is 1.90. The van der Waals surface area contributed by atoms with Gasteiger partial charge in [-0.3, -0.25) is 10.5 Å². The molecule has 3 rings (SSSR count). The van der Waals surface area contributed by atoms with Crippen molar-refractivity contribution in [3.63, 3.8) is 0 Å². The van der Waals surface area contributed by atoms with Gasteiger partial charge in [0.1, 0.15) is 5.82 Å². The van der Waals surface area contributed by atoms with Crippen LogP contribution in [0.25, 0.3) is 11.0 Å². The topological polar surface area (TPSA) is 95.8 Å². The monoisotopic (exact) mass is 261 g/mol. The molecule has 2 unspecified atom stereocenters. The Labute approximate surface area is 111 Å². The van der Waals surface area contributed by atoms with Crippen molar-refractivity contribution in [3.05, 3.63) is 6.20 Å². The van der Waals surface area contributed by atoms with Crippen molar-refractivity contribution < 1.29 is 0 Å². The van der Waals surface area contributed by atoms with E-state index >= 15 is 0 Å². The second-order valence-electron chi connectivity index (χ2n) is 5.04. The number of nitrogen functional groups attached to an aromatic ring is 1. The number of aromatic nitrogens is 4. The van der Waals surface area contributed by atoms with Crippen LogP contribution in [0.4, 0.5) is 11.8 Å². The summed E-state index contributed by atoms with van der Waals surface area (Å²) in [5, 5.41) is 7.89. The van der Waals surface area contributed by atoms with Crippen LogP contribution >= 0.6 is 0 Å². The Hall–Kier alpha value is -1.89. The number of aromatic amines is 1. The van der Waals surface area contributed by atoms with Gasteiger partial charge in [-0.15, -0.1) is 0 Å². The number of rotatable bonds is 3. The van der Waals surface area contributed by atoms with Crippen molar-refractivity contribution in [2.45, 2.75) is 45.2 Å². The van der Waals surface area contributed by atoms with Gasteiger partial charge in [-0.05, 0) is 26.2 Å². The highest BCUT2D eigenvalue weighted by atomic mass is 15.3. The molecule has 0 radical (unpaired) electrons. The number of nitrogens with zero attached hydrogens (tertiary/aromatic N) is 4. The summed E-state index contributed by atoms with van der Waals surface area (Å²) < 4.78 is 0. The highest BCUT2D eigenvalue weighted by molar-refractivity contribution is 5.88. The number of H-pyrrole nitrogens is 1. The number of nitrogens with two attached hydrogens (primary N) is 1. The van der Waals surface area contributed by atoms with E-state index in [4.69, 9.17) is 5.84 Å². The van der Waals surface area contributed by atoms with Crippen LogP contribution in [-0.4, -0.2) is 32.2 Å². The van der Waals surface area contributed by atoms with Crippen molar-refractivity contribution in [2.24, 2.45) is 5.84 Å². The van der Waals surface area contributed by atoms with Crippen LogP contribution < -0.4 is 16.2 Å². The average molecular weight is 261 g/mol. The van der Waals surface area contributed by atoms with Crippen molar-refractivity contribution in [1.29, 1.82) is 0 Å². The molecule has 2 aromatic heterocycles. The van der Waals surface area contributed by atoms with Gasteiger partial charge < -0.3 is 4.90 Å². The molecule has 0 aliphatic carbocycles. The van der Waals surface area contributed by atoms with Crippen LogP contribution in [0, 0.1) is 0 Å². The lowest BCUT2D eigenvalue weighted by Gasteiger charge is -2.29. The molecule has 3 heterocycles. The molecule has 0 saturated carbocycles. The molecule has 1 fully saturated rings. The number of anilines is 2. The highest BCUT2D eigenvalue weighted by Crippen LogP contribution is 2.34. The first-order valence-corrected chi connectivity index (χ1v) is 6.70. The summed E-state index contributed by atoms with van der Waals surface area (Å²) in [6.07, 6.45) is 5.28. The predicted molar refractivity (Wildman–Crippen MR) is 74.7 cm³/mol. The Morgan fingerprint density at radius 2 is 2.32 bits per heavy atom. The van der Waals surface area contributed by atoms with E-state index in [2.05, 4.69) is 44.3 Å². The number of hydrazine groups is 1. The van der Waals surface area contributed by atoms with Gasteiger partial charge in [0, 0.05) is 12.1 Å². The Morgan fingerprint density at radius 3 is 3.05 bits per heavy atom. The maximum absolute atomic E-state index is 5.45. The summed E-state index contributed by atoms with van der Waals surface area (Å²) in [5.74, 6) is 6.79. The van der Waals surface area contributed by atoms with Gasteiger partial charge in [-0.1, -0.05) is 6.92 Å². The van der Waals surface area contributed by atoms with Crippen molar-refractivity contribution >= 4 is 22.8 Å². The number of nitrogens with one attached hydrogen (secondary N) is 2. The van der Waals surface area contributed by atoms with Crippen LogP contribution in [0.3, 0.4) is 0 Å². The van der Waals surface area contributed by atoms with E-state index in [0.717, 1.165) is 17.6 Å². The summed E-state index contributed by atoms with van der Waals surface area (Å²) >= 11 is 0. The Morgan fingerprint density at radius 1 is 1.47 bits per heavy atom. The van der Waals surface area contributed by atoms with Gasteiger partial charge in [0.15, 0.2) is 5.65 Å². The fraction of sp³-hybridized carbons (Fsp3) is 0.583. The maximum atomic E-state index is 5.45. The standard InChI is InChI=1S/C12H19N7/c1-3-8-5-4-7(2)19(8)11-9-6-14-18-10(9)15-12(16-11)17-13/h6-8H,3-5,13H2,1-2H3,(H2,14,15,16,17,18). The predicted octanol–water partition coefficient (Wildman–Crippen LogP) is 1.41. The van der Waals surface area contributed by atoms with E-state index < -0.39 is 0 Å². The van der Waals surface area contributed by atoms with Crippen LogP contribution in [0.1, 0.15) is 33.1 Å². The molecule has 2 aromatic rings. The summed E-state index contributed by atoms with van der Waals surface area (Å²) in [5.41, 5.74) is 3.24. The minimum atomic E-state index is 0.417. The second-order valence-corrected chi connectivity index (χ2v) is 5.04. The van der Waals surface area contributed by atoms with Crippen molar-refractivity contribution in [3.8, 4) is 0 Å². The summed E-state index contributed by atoms with van der Waals surface area (Å²) in [4.78, 5) is 11.2.